The number of benzene rings is 2. The summed E-state index contributed by atoms with van der Waals surface area (Å²) in [6.07, 6.45) is 0.560. The van der Waals surface area contributed by atoms with E-state index in [2.05, 4.69) is 0 Å². The molecular weight excluding hydrogens is 379 g/mol. The SMILES string of the molecule is CCOC(=O)COc1cc2oc(C)c(Oc3ccccc3F)c(=O)c2cc1CC. The van der Waals surface area contributed by atoms with Crippen molar-refractivity contribution < 1.29 is 27.8 Å². The summed E-state index contributed by atoms with van der Waals surface area (Å²) in [6, 6.07) is 9.02. The fourth-order valence-corrected chi connectivity index (χ4v) is 2.87. The van der Waals surface area contributed by atoms with Crippen molar-refractivity contribution in [2.24, 2.45) is 0 Å². The number of ether oxygens (including phenoxy) is 3. The van der Waals surface area contributed by atoms with E-state index in [-0.39, 0.29) is 41.4 Å². The Morgan fingerprint density at radius 1 is 1.14 bits per heavy atom. The van der Waals surface area contributed by atoms with Crippen LogP contribution in [-0.4, -0.2) is 19.2 Å². The molecule has 0 saturated carbocycles. The third-order valence-corrected chi connectivity index (χ3v) is 4.28. The summed E-state index contributed by atoms with van der Waals surface area (Å²) in [7, 11) is 0. The number of halogens is 1. The van der Waals surface area contributed by atoms with E-state index in [1.807, 2.05) is 6.92 Å². The van der Waals surface area contributed by atoms with E-state index in [1.165, 1.54) is 18.2 Å². The molecule has 0 radical (unpaired) electrons. The van der Waals surface area contributed by atoms with Gasteiger partial charge in [-0.1, -0.05) is 19.1 Å². The highest BCUT2D eigenvalue weighted by Gasteiger charge is 2.18. The molecule has 152 valence electrons. The first kappa shape index (κ1) is 20.4. The summed E-state index contributed by atoms with van der Waals surface area (Å²) in [6.45, 7) is 5.18. The zero-order valence-electron chi connectivity index (χ0n) is 16.4. The number of para-hydroxylation sites is 1. The smallest absolute Gasteiger partial charge is 0.344 e. The number of esters is 1. The molecule has 0 aliphatic heterocycles. The predicted molar refractivity (Wildman–Crippen MR) is 105 cm³/mol. The molecule has 29 heavy (non-hydrogen) atoms. The van der Waals surface area contributed by atoms with E-state index in [0.717, 1.165) is 5.56 Å². The van der Waals surface area contributed by atoms with Crippen molar-refractivity contribution in [1.29, 1.82) is 0 Å². The molecule has 1 heterocycles. The van der Waals surface area contributed by atoms with Gasteiger partial charge in [-0.05, 0) is 44.0 Å². The Bertz CT molecular complexity index is 1100. The molecule has 0 atom stereocenters. The Labute approximate surface area is 166 Å². The normalized spacial score (nSPS) is 10.8. The number of fused-ring (bicyclic) bond motifs is 1. The van der Waals surface area contributed by atoms with Crippen molar-refractivity contribution in [3.8, 4) is 17.2 Å². The van der Waals surface area contributed by atoms with Crippen LogP contribution >= 0.6 is 0 Å². The monoisotopic (exact) mass is 400 g/mol. The average molecular weight is 400 g/mol. The van der Waals surface area contributed by atoms with Crippen molar-refractivity contribution in [2.45, 2.75) is 27.2 Å². The van der Waals surface area contributed by atoms with Crippen LogP contribution in [0.4, 0.5) is 4.39 Å². The Kier molecular flexibility index (Phi) is 6.16. The summed E-state index contributed by atoms with van der Waals surface area (Å²) < 4.78 is 35.6. The quantitative estimate of drug-likeness (QED) is 0.542. The molecule has 1 aromatic heterocycles. The lowest BCUT2D eigenvalue weighted by atomic mass is 10.1. The van der Waals surface area contributed by atoms with Gasteiger partial charge in [0.05, 0.1) is 12.0 Å². The van der Waals surface area contributed by atoms with Crippen LogP contribution in [0.1, 0.15) is 25.2 Å². The van der Waals surface area contributed by atoms with Crippen LogP contribution in [0.25, 0.3) is 11.0 Å². The second kappa shape index (κ2) is 8.77. The van der Waals surface area contributed by atoms with E-state index in [4.69, 9.17) is 18.6 Å². The Balaban J connectivity index is 2.01. The standard InChI is InChI=1S/C22H21FO6/c1-4-14-10-15-19(11-18(14)27-12-20(24)26-5-2)28-13(3)22(21(15)25)29-17-9-7-6-8-16(17)23/h6-11H,4-5,12H2,1-3H3. The number of hydrogen-bond acceptors (Lipinski definition) is 6. The van der Waals surface area contributed by atoms with E-state index in [0.29, 0.717) is 12.2 Å². The van der Waals surface area contributed by atoms with Crippen LogP contribution in [0.15, 0.2) is 45.6 Å². The van der Waals surface area contributed by atoms with E-state index >= 15 is 0 Å². The molecule has 0 amide bonds. The molecule has 0 aliphatic rings. The predicted octanol–water partition coefficient (Wildman–Crippen LogP) is 4.54. The first-order valence-electron chi connectivity index (χ1n) is 9.25. The third kappa shape index (κ3) is 4.39. The van der Waals surface area contributed by atoms with Gasteiger partial charge in [-0.25, -0.2) is 9.18 Å². The fourth-order valence-electron chi connectivity index (χ4n) is 2.87. The third-order valence-electron chi connectivity index (χ3n) is 4.28. The van der Waals surface area contributed by atoms with E-state index in [1.54, 1.807) is 32.0 Å². The molecule has 2 aromatic carbocycles. The first-order chi connectivity index (χ1) is 13.9. The molecule has 0 unspecified atom stereocenters. The highest BCUT2D eigenvalue weighted by molar-refractivity contribution is 5.81. The maximum Gasteiger partial charge on any atom is 0.344 e. The average Bonchev–Trinajstić information content (AvgIpc) is 2.70. The van der Waals surface area contributed by atoms with Gasteiger partial charge in [0, 0.05) is 6.07 Å². The summed E-state index contributed by atoms with van der Waals surface area (Å²) in [4.78, 5) is 24.5. The maximum absolute atomic E-state index is 13.9. The molecule has 7 heteroatoms. The molecule has 0 bridgehead atoms. The molecule has 0 saturated heterocycles. The van der Waals surface area contributed by atoms with Gasteiger partial charge in [0.25, 0.3) is 0 Å². The lowest BCUT2D eigenvalue weighted by Crippen LogP contribution is -2.15. The fraction of sp³-hybridized carbons (Fsp3) is 0.273. The molecule has 0 spiro atoms. The summed E-state index contributed by atoms with van der Waals surface area (Å²) in [5.74, 6) is -0.578. The summed E-state index contributed by atoms with van der Waals surface area (Å²) in [5, 5.41) is 0.280. The molecule has 3 rings (SSSR count). The first-order valence-corrected chi connectivity index (χ1v) is 9.25. The van der Waals surface area contributed by atoms with Gasteiger partial charge in [-0.2, -0.15) is 0 Å². The van der Waals surface area contributed by atoms with Crippen molar-refractivity contribution in [3.63, 3.8) is 0 Å². The largest absolute Gasteiger partial charge is 0.481 e. The van der Waals surface area contributed by atoms with Gasteiger partial charge in [0.15, 0.2) is 18.2 Å². The zero-order valence-corrected chi connectivity index (χ0v) is 16.4. The van der Waals surface area contributed by atoms with Crippen LogP contribution in [0.5, 0.6) is 17.2 Å². The molecular formula is C22H21FO6. The minimum absolute atomic E-state index is 0.0626. The lowest BCUT2D eigenvalue weighted by Gasteiger charge is -2.13. The van der Waals surface area contributed by atoms with Crippen molar-refractivity contribution in [3.05, 3.63) is 63.8 Å². The van der Waals surface area contributed by atoms with Gasteiger partial charge in [-0.15, -0.1) is 0 Å². The van der Waals surface area contributed by atoms with Crippen LogP contribution in [-0.2, 0) is 16.0 Å². The van der Waals surface area contributed by atoms with Crippen LogP contribution in [0.3, 0.4) is 0 Å². The summed E-state index contributed by atoms with van der Waals surface area (Å²) >= 11 is 0. The molecule has 6 nitrogen and oxygen atoms in total. The van der Waals surface area contributed by atoms with Gasteiger partial charge in [0.2, 0.25) is 11.2 Å². The van der Waals surface area contributed by atoms with Gasteiger partial charge in [-0.3, -0.25) is 4.79 Å². The topological polar surface area (TPSA) is 75.0 Å². The Morgan fingerprint density at radius 2 is 1.90 bits per heavy atom. The molecule has 0 fully saturated rings. The molecule has 0 aliphatic carbocycles. The number of carbonyl (C=O) groups excluding carboxylic acids is 1. The number of carbonyl (C=O) groups is 1. The van der Waals surface area contributed by atoms with Crippen molar-refractivity contribution in [1.82, 2.24) is 0 Å². The van der Waals surface area contributed by atoms with Gasteiger partial charge < -0.3 is 18.6 Å². The zero-order chi connectivity index (χ0) is 21.0. The second-order valence-corrected chi connectivity index (χ2v) is 6.25. The number of aryl methyl sites for hydroxylation is 2. The Morgan fingerprint density at radius 3 is 2.59 bits per heavy atom. The highest BCUT2D eigenvalue weighted by atomic mass is 19.1. The van der Waals surface area contributed by atoms with Gasteiger partial charge in [0.1, 0.15) is 17.1 Å². The lowest BCUT2D eigenvalue weighted by molar-refractivity contribution is -0.145. The minimum atomic E-state index is -0.580. The minimum Gasteiger partial charge on any atom is -0.481 e. The summed E-state index contributed by atoms with van der Waals surface area (Å²) in [5.41, 5.74) is 0.581. The molecule has 0 N–H and O–H groups in total. The van der Waals surface area contributed by atoms with Crippen LogP contribution in [0, 0.1) is 12.7 Å². The van der Waals surface area contributed by atoms with Crippen molar-refractivity contribution >= 4 is 16.9 Å². The van der Waals surface area contributed by atoms with E-state index in [9.17, 15) is 14.0 Å². The Hall–Kier alpha value is -3.35. The van der Waals surface area contributed by atoms with E-state index < -0.39 is 17.2 Å². The maximum atomic E-state index is 13.9. The van der Waals surface area contributed by atoms with Crippen LogP contribution < -0.4 is 14.9 Å². The number of rotatable bonds is 7. The van der Waals surface area contributed by atoms with Crippen molar-refractivity contribution in [2.75, 3.05) is 13.2 Å². The second-order valence-electron chi connectivity index (χ2n) is 6.25. The molecule has 3 aromatic rings. The van der Waals surface area contributed by atoms with Crippen LogP contribution in [0.2, 0.25) is 0 Å². The highest BCUT2D eigenvalue weighted by Crippen LogP contribution is 2.30. The van der Waals surface area contributed by atoms with Gasteiger partial charge >= 0.3 is 5.97 Å². The number of hydrogen-bond donors (Lipinski definition) is 0.